The Bertz CT molecular complexity index is 880. The number of carbonyl (C=O) groups excluding carboxylic acids is 1. The van der Waals surface area contributed by atoms with Crippen LogP contribution in [0.5, 0.6) is 0 Å². The lowest BCUT2D eigenvalue weighted by Crippen LogP contribution is -2.51. The van der Waals surface area contributed by atoms with Crippen LogP contribution in [0.1, 0.15) is 25.5 Å². The smallest absolute Gasteiger partial charge is 0.292 e. The Morgan fingerprint density at radius 3 is 2.33 bits per heavy atom. The van der Waals surface area contributed by atoms with Gasteiger partial charge in [0.1, 0.15) is 5.69 Å². The molecule has 1 unspecified atom stereocenters. The molecular weight excluding hydrogens is 404 g/mol. The maximum absolute atomic E-state index is 12.7. The van der Waals surface area contributed by atoms with E-state index < -0.39 is 0 Å². The van der Waals surface area contributed by atoms with Gasteiger partial charge in [-0.05, 0) is 29.7 Å². The van der Waals surface area contributed by atoms with Gasteiger partial charge in [-0.1, -0.05) is 49.7 Å². The number of halogens is 1. The fourth-order valence-electron chi connectivity index (χ4n) is 3.80. The number of para-hydroxylation sites is 2. The van der Waals surface area contributed by atoms with Gasteiger partial charge in [0, 0.05) is 43.3 Å². The average molecular weight is 431 g/mol. The lowest BCUT2D eigenvalue weighted by molar-refractivity contribution is -0.384. The molecule has 0 aliphatic carbocycles. The van der Waals surface area contributed by atoms with E-state index >= 15 is 0 Å². The fraction of sp³-hybridized carbons (Fsp3) is 0.409. The maximum atomic E-state index is 12.7. The first-order valence-corrected chi connectivity index (χ1v) is 10.5. The van der Waals surface area contributed by atoms with Gasteiger partial charge in [0.05, 0.1) is 11.5 Å². The second kappa shape index (κ2) is 9.91. The normalized spacial score (nSPS) is 15.3. The van der Waals surface area contributed by atoms with Crippen molar-refractivity contribution in [3.63, 3.8) is 0 Å². The molecule has 160 valence electrons. The van der Waals surface area contributed by atoms with Crippen molar-refractivity contribution in [2.45, 2.75) is 19.9 Å². The molecule has 1 atom stereocenters. The zero-order valence-electron chi connectivity index (χ0n) is 17.3. The molecule has 1 aliphatic rings. The zero-order chi connectivity index (χ0) is 21.7. The molecule has 1 heterocycles. The largest absolute Gasteiger partial charge is 0.362 e. The number of nitrogens with one attached hydrogen (secondary N) is 1. The number of benzene rings is 2. The lowest BCUT2D eigenvalue weighted by atomic mass is 9.96. The highest BCUT2D eigenvalue weighted by Gasteiger charge is 2.26. The van der Waals surface area contributed by atoms with Crippen molar-refractivity contribution in [1.29, 1.82) is 0 Å². The molecule has 2 aromatic rings. The molecular formula is C22H27ClN4O3. The molecule has 1 aliphatic heterocycles. The van der Waals surface area contributed by atoms with Crippen LogP contribution in [0.25, 0.3) is 0 Å². The van der Waals surface area contributed by atoms with E-state index in [-0.39, 0.29) is 29.1 Å². The number of hydrogen-bond donors (Lipinski definition) is 1. The van der Waals surface area contributed by atoms with E-state index in [4.69, 9.17) is 11.6 Å². The van der Waals surface area contributed by atoms with Gasteiger partial charge in [-0.3, -0.25) is 14.9 Å². The van der Waals surface area contributed by atoms with Gasteiger partial charge < -0.3 is 15.1 Å². The van der Waals surface area contributed by atoms with Crippen LogP contribution in [0.3, 0.4) is 0 Å². The topological polar surface area (TPSA) is 78.7 Å². The molecule has 0 aromatic heterocycles. The number of piperazine rings is 1. The minimum absolute atomic E-state index is 0.0387. The number of carbonyl (C=O) groups is 1. The number of hydrogen-bond acceptors (Lipinski definition) is 5. The number of nitro groups is 1. The second-order valence-electron chi connectivity index (χ2n) is 7.77. The Morgan fingerprint density at radius 2 is 1.73 bits per heavy atom. The standard InChI is InChI=1S/C22H27ClN4O3/c1-16(2)22(17-7-9-18(23)10-8-17)24-15-21(28)26-13-11-25(12-14-26)19-5-3-4-6-20(19)27(29)30/h3-10,16,22,24H,11-15H2,1-2H3. The number of anilines is 1. The summed E-state index contributed by atoms with van der Waals surface area (Å²) in [5, 5.41) is 15.3. The molecule has 0 radical (unpaired) electrons. The Morgan fingerprint density at radius 1 is 1.10 bits per heavy atom. The molecule has 0 saturated carbocycles. The fourth-order valence-corrected chi connectivity index (χ4v) is 3.93. The first-order chi connectivity index (χ1) is 14.4. The molecule has 7 nitrogen and oxygen atoms in total. The average Bonchev–Trinajstić information content (AvgIpc) is 2.75. The third kappa shape index (κ3) is 5.29. The maximum Gasteiger partial charge on any atom is 0.292 e. The minimum atomic E-state index is -0.362. The van der Waals surface area contributed by atoms with Crippen LogP contribution in [0, 0.1) is 16.0 Å². The summed E-state index contributed by atoms with van der Waals surface area (Å²) in [7, 11) is 0. The molecule has 3 rings (SSSR count). The summed E-state index contributed by atoms with van der Waals surface area (Å²) in [6, 6.07) is 14.5. The first kappa shape index (κ1) is 22.1. The Labute approximate surface area is 181 Å². The third-order valence-electron chi connectivity index (χ3n) is 5.42. The van der Waals surface area contributed by atoms with Crippen molar-refractivity contribution in [3.8, 4) is 0 Å². The third-order valence-corrected chi connectivity index (χ3v) is 5.67. The molecule has 8 heteroatoms. The predicted octanol–water partition coefficient (Wildman–Crippen LogP) is 3.88. The van der Waals surface area contributed by atoms with Gasteiger partial charge in [-0.25, -0.2) is 0 Å². The van der Waals surface area contributed by atoms with Crippen molar-refractivity contribution in [1.82, 2.24) is 10.2 Å². The van der Waals surface area contributed by atoms with Crippen molar-refractivity contribution in [2.75, 3.05) is 37.6 Å². The Kier molecular flexibility index (Phi) is 7.29. The van der Waals surface area contributed by atoms with E-state index in [1.807, 2.05) is 34.1 Å². The first-order valence-electron chi connectivity index (χ1n) is 10.1. The molecule has 1 saturated heterocycles. The second-order valence-corrected chi connectivity index (χ2v) is 8.20. The molecule has 30 heavy (non-hydrogen) atoms. The van der Waals surface area contributed by atoms with Crippen LogP contribution in [0.2, 0.25) is 5.02 Å². The summed E-state index contributed by atoms with van der Waals surface area (Å²) in [5.74, 6) is 0.353. The van der Waals surface area contributed by atoms with Gasteiger partial charge in [-0.15, -0.1) is 0 Å². The minimum Gasteiger partial charge on any atom is -0.362 e. The van der Waals surface area contributed by atoms with Gasteiger partial charge in [0.2, 0.25) is 5.91 Å². The van der Waals surface area contributed by atoms with Gasteiger partial charge >= 0.3 is 0 Å². The highest BCUT2D eigenvalue weighted by Crippen LogP contribution is 2.28. The number of rotatable bonds is 7. The van der Waals surface area contributed by atoms with Crippen molar-refractivity contribution in [3.05, 3.63) is 69.2 Å². The van der Waals surface area contributed by atoms with Crippen LogP contribution in [-0.4, -0.2) is 48.5 Å². The van der Waals surface area contributed by atoms with Crippen LogP contribution in [0.15, 0.2) is 48.5 Å². The summed E-state index contributed by atoms with van der Waals surface area (Å²) in [5.41, 5.74) is 1.81. The summed E-state index contributed by atoms with van der Waals surface area (Å²) < 4.78 is 0. The van der Waals surface area contributed by atoms with Crippen molar-refractivity contribution in [2.24, 2.45) is 5.92 Å². The summed E-state index contributed by atoms with van der Waals surface area (Å²) in [6.07, 6.45) is 0. The monoisotopic (exact) mass is 430 g/mol. The highest BCUT2D eigenvalue weighted by atomic mass is 35.5. The molecule has 2 aromatic carbocycles. The van der Waals surface area contributed by atoms with Crippen LogP contribution >= 0.6 is 11.6 Å². The van der Waals surface area contributed by atoms with E-state index in [9.17, 15) is 14.9 Å². The van der Waals surface area contributed by atoms with Crippen LogP contribution in [-0.2, 0) is 4.79 Å². The van der Waals surface area contributed by atoms with E-state index in [2.05, 4.69) is 19.2 Å². The van der Waals surface area contributed by atoms with E-state index in [1.165, 1.54) is 6.07 Å². The quantitative estimate of drug-likeness (QED) is 0.532. The molecule has 1 fully saturated rings. The van der Waals surface area contributed by atoms with Gasteiger partial charge in [0.25, 0.3) is 5.69 Å². The van der Waals surface area contributed by atoms with Crippen molar-refractivity contribution >= 4 is 28.9 Å². The summed E-state index contributed by atoms with van der Waals surface area (Å²) in [4.78, 5) is 27.4. The van der Waals surface area contributed by atoms with Gasteiger partial charge in [-0.2, -0.15) is 0 Å². The molecule has 1 amide bonds. The highest BCUT2D eigenvalue weighted by molar-refractivity contribution is 6.30. The Balaban J connectivity index is 1.56. The predicted molar refractivity (Wildman–Crippen MR) is 119 cm³/mol. The molecule has 0 spiro atoms. The molecule has 1 N–H and O–H groups in total. The Hall–Kier alpha value is -2.64. The number of nitro benzene ring substituents is 1. The summed E-state index contributed by atoms with van der Waals surface area (Å²) >= 11 is 5.99. The summed E-state index contributed by atoms with van der Waals surface area (Å²) in [6.45, 7) is 6.70. The van der Waals surface area contributed by atoms with E-state index in [1.54, 1.807) is 18.2 Å². The zero-order valence-corrected chi connectivity index (χ0v) is 18.0. The lowest BCUT2D eigenvalue weighted by Gasteiger charge is -2.36. The number of amides is 1. The van der Waals surface area contributed by atoms with Crippen LogP contribution in [0.4, 0.5) is 11.4 Å². The SMILES string of the molecule is CC(C)C(NCC(=O)N1CCN(c2ccccc2[N+](=O)[O-])CC1)c1ccc(Cl)cc1. The number of nitrogens with zero attached hydrogens (tertiary/aromatic N) is 3. The van der Waals surface area contributed by atoms with E-state index in [0.29, 0.717) is 42.8 Å². The van der Waals surface area contributed by atoms with E-state index in [0.717, 1.165) is 5.56 Å². The van der Waals surface area contributed by atoms with Crippen LogP contribution < -0.4 is 10.2 Å². The van der Waals surface area contributed by atoms with Crippen molar-refractivity contribution < 1.29 is 9.72 Å². The van der Waals surface area contributed by atoms with Gasteiger partial charge in [0.15, 0.2) is 0 Å². The molecule has 0 bridgehead atoms.